The van der Waals surface area contributed by atoms with E-state index in [1.54, 1.807) is 6.92 Å². The number of esters is 2. The topological polar surface area (TPSA) is 91.3 Å². The van der Waals surface area contributed by atoms with Gasteiger partial charge >= 0.3 is 20.7 Å². The van der Waals surface area contributed by atoms with E-state index in [9.17, 15) is 9.59 Å². The van der Waals surface area contributed by atoms with E-state index < -0.39 is 32.2 Å². The Balaban J connectivity index is 0.00000149. The van der Waals surface area contributed by atoms with Crippen molar-refractivity contribution in [2.45, 2.75) is 53.0 Å². The van der Waals surface area contributed by atoms with Gasteiger partial charge in [0.15, 0.2) is 0 Å². The van der Waals surface area contributed by atoms with Gasteiger partial charge in [-0.15, -0.1) is 0 Å². The van der Waals surface area contributed by atoms with E-state index >= 15 is 0 Å². The van der Waals surface area contributed by atoms with Crippen molar-refractivity contribution in [1.29, 1.82) is 0 Å². The highest BCUT2D eigenvalue weighted by Gasteiger charge is 2.63. The Morgan fingerprint density at radius 1 is 0.957 bits per heavy atom. The second-order valence-electron chi connectivity index (χ2n) is 4.83. The molecule has 0 bridgehead atoms. The monoisotopic (exact) mass is 350 g/mol. The minimum atomic E-state index is -3.26. The molecule has 0 amide bonds. The third-order valence-corrected chi connectivity index (χ3v) is 6.65. The number of aliphatic hydroxyl groups excluding tert-OH is 1. The number of cyclic esters (lactones) is 2. The predicted octanol–water partition coefficient (Wildman–Crippen LogP) is 1.90. The Kier molecular flexibility index (Phi) is 11.3. The molecule has 136 valence electrons. The summed E-state index contributed by atoms with van der Waals surface area (Å²) in [7, 11) is -3.26. The van der Waals surface area contributed by atoms with E-state index in [4.69, 9.17) is 23.1 Å². The second-order valence-corrected chi connectivity index (χ2v) is 7.53. The molecule has 1 fully saturated rings. The number of carbonyl (C=O) groups excluding carboxylic acids is 2. The molecular formula is C15H30O7Si. The maximum Gasteiger partial charge on any atom is 0.516 e. The van der Waals surface area contributed by atoms with Gasteiger partial charge in [0.2, 0.25) is 0 Å². The summed E-state index contributed by atoms with van der Waals surface area (Å²) in [4.78, 5) is 23.9. The van der Waals surface area contributed by atoms with Crippen molar-refractivity contribution in [3.05, 3.63) is 0 Å². The van der Waals surface area contributed by atoms with Crippen LogP contribution in [0.3, 0.4) is 0 Å². The third kappa shape index (κ3) is 5.96. The lowest BCUT2D eigenvalue weighted by Crippen LogP contribution is -2.53. The molecule has 2 atom stereocenters. The van der Waals surface area contributed by atoms with Crippen LogP contribution in [0.2, 0.25) is 5.54 Å². The van der Waals surface area contributed by atoms with Gasteiger partial charge in [0.1, 0.15) is 5.54 Å². The number of aliphatic hydroxyl groups is 1. The lowest BCUT2D eigenvalue weighted by Gasteiger charge is -2.33. The van der Waals surface area contributed by atoms with Gasteiger partial charge in [-0.2, -0.15) is 0 Å². The summed E-state index contributed by atoms with van der Waals surface area (Å²) in [6.07, 6.45) is 1.34. The van der Waals surface area contributed by atoms with Crippen LogP contribution >= 0.6 is 0 Å². The second kappa shape index (κ2) is 11.7. The molecular weight excluding hydrogens is 320 g/mol. The standard InChI is InChI=1S/C13H24O6Si.C2H6O/c1-5-9-10-11(13(15)19-12(10)14)20(16-6-2,17-7-3)18-8-4;1-2-3/h10-11H,5-9H2,1-4H3;3H,2H2,1H3. The largest absolute Gasteiger partial charge is 0.516 e. The summed E-state index contributed by atoms with van der Waals surface area (Å²) < 4.78 is 22.0. The van der Waals surface area contributed by atoms with E-state index in [1.807, 2.05) is 27.7 Å². The van der Waals surface area contributed by atoms with Gasteiger partial charge in [0.05, 0.1) is 5.92 Å². The summed E-state index contributed by atoms with van der Waals surface area (Å²) >= 11 is 0. The first-order chi connectivity index (χ1) is 11.0. The zero-order valence-electron chi connectivity index (χ0n) is 14.8. The van der Waals surface area contributed by atoms with Gasteiger partial charge in [-0.25, -0.2) is 0 Å². The molecule has 0 aromatic carbocycles. The van der Waals surface area contributed by atoms with Crippen molar-refractivity contribution >= 4 is 20.7 Å². The Hall–Kier alpha value is -0.803. The minimum Gasteiger partial charge on any atom is -0.397 e. The van der Waals surface area contributed by atoms with Crippen LogP contribution in [0.1, 0.15) is 47.5 Å². The smallest absolute Gasteiger partial charge is 0.397 e. The van der Waals surface area contributed by atoms with Gasteiger partial charge in [-0.1, -0.05) is 13.3 Å². The fourth-order valence-electron chi connectivity index (χ4n) is 2.52. The van der Waals surface area contributed by atoms with Crippen molar-refractivity contribution in [1.82, 2.24) is 0 Å². The Morgan fingerprint density at radius 3 is 1.74 bits per heavy atom. The van der Waals surface area contributed by atoms with Gasteiger partial charge in [0.25, 0.3) is 0 Å². The highest BCUT2D eigenvalue weighted by Crippen LogP contribution is 2.41. The van der Waals surface area contributed by atoms with E-state index in [-0.39, 0.29) is 6.61 Å². The number of ether oxygens (including phenoxy) is 1. The average Bonchev–Trinajstić information content (AvgIpc) is 2.76. The lowest BCUT2D eigenvalue weighted by atomic mass is 10.0. The normalized spacial score (nSPS) is 21.0. The average molecular weight is 350 g/mol. The third-order valence-electron chi connectivity index (χ3n) is 3.18. The van der Waals surface area contributed by atoms with Crippen molar-refractivity contribution in [3.63, 3.8) is 0 Å². The highest BCUT2D eigenvalue weighted by atomic mass is 28.4. The molecule has 1 saturated heterocycles. The van der Waals surface area contributed by atoms with Crippen molar-refractivity contribution in [2.75, 3.05) is 26.4 Å². The molecule has 0 aliphatic carbocycles. The predicted molar refractivity (Wildman–Crippen MR) is 86.6 cm³/mol. The fraction of sp³-hybridized carbons (Fsp3) is 0.867. The molecule has 7 nitrogen and oxygen atoms in total. The van der Waals surface area contributed by atoms with Crippen LogP contribution in [0.15, 0.2) is 0 Å². The summed E-state index contributed by atoms with van der Waals surface area (Å²) in [5, 5.41) is 7.57. The maximum atomic E-state index is 12.1. The molecule has 1 N–H and O–H groups in total. The first-order valence-corrected chi connectivity index (χ1v) is 10.1. The Morgan fingerprint density at radius 2 is 1.39 bits per heavy atom. The summed E-state index contributed by atoms with van der Waals surface area (Å²) in [5.41, 5.74) is -0.741. The van der Waals surface area contributed by atoms with Crippen molar-refractivity contribution < 1.29 is 32.7 Å². The van der Waals surface area contributed by atoms with Gasteiger partial charge in [-0.05, 0) is 34.1 Å². The SMILES string of the molecule is CCCC1C(=O)OC(=O)C1[Si](OCC)(OCC)OCC.CCO. The van der Waals surface area contributed by atoms with E-state index in [2.05, 4.69) is 0 Å². The van der Waals surface area contributed by atoms with Crippen LogP contribution in [0.4, 0.5) is 0 Å². The van der Waals surface area contributed by atoms with Gasteiger partial charge < -0.3 is 23.1 Å². The Labute approximate surface area is 139 Å². The maximum absolute atomic E-state index is 12.1. The molecule has 0 saturated carbocycles. The molecule has 1 heterocycles. The van der Waals surface area contributed by atoms with Crippen molar-refractivity contribution in [3.8, 4) is 0 Å². The number of hydrogen-bond acceptors (Lipinski definition) is 7. The first kappa shape index (κ1) is 22.2. The molecule has 0 radical (unpaired) electrons. The van der Waals surface area contributed by atoms with Crippen LogP contribution in [-0.4, -0.2) is 52.3 Å². The van der Waals surface area contributed by atoms with Crippen LogP contribution in [0, 0.1) is 5.92 Å². The number of carbonyl (C=O) groups is 2. The lowest BCUT2D eigenvalue weighted by molar-refractivity contribution is -0.153. The summed E-state index contributed by atoms with van der Waals surface area (Å²) in [6, 6.07) is 0. The zero-order chi connectivity index (χ0) is 17.9. The molecule has 2 unspecified atom stereocenters. The molecule has 1 rings (SSSR count). The Bertz CT molecular complexity index is 345. The van der Waals surface area contributed by atoms with Crippen LogP contribution in [0.25, 0.3) is 0 Å². The molecule has 0 aromatic rings. The quantitative estimate of drug-likeness (QED) is 0.386. The fourth-order valence-corrected chi connectivity index (χ4v) is 5.66. The van der Waals surface area contributed by atoms with E-state index in [0.717, 1.165) is 6.42 Å². The molecule has 1 aliphatic heterocycles. The molecule has 0 aromatic heterocycles. The van der Waals surface area contributed by atoms with Crippen molar-refractivity contribution in [2.24, 2.45) is 5.92 Å². The first-order valence-electron chi connectivity index (χ1n) is 8.25. The molecule has 8 heteroatoms. The van der Waals surface area contributed by atoms with Crippen LogP contribution in [-0.2, 0) is 27.6 Å². The molecule has 0 spiro atoms. The molecule has 23 heavy (non-hydrogen) atoms. The van der Waals surface area contributed by atoms with Crippen LogP contribution in [0.5, 0.6) is 0 Å². The minimum absolute atomic E-state index is 0.250. The summed E-state index contributed by atoms with van der Waals surface area (Å²) in [5.74, 6) is -1.59. The number of rotatable bonds is 9. The van der Waals surface area contributed by atoms with E-state index in [1.165, 1.54) is 0 Å². The van der Waals surface area contributed by atoms with Crippen LogP contribution < -0.4 is 0 Å². The molecule has 1 aliphatic rings. The van der Waals surface area contributed by atoms with Gasteiger partial charge in [-0.3, -0.25) is 9.59 Å². The highest BCUT2D eigenvalue weighted by molar-refractivity contribution is 6.67. The summed E-state index contributed by atoms with van der Waals surface area (Å²) in [6.45, 7) is 10.4. The number of hydrogen-bond donors (Lipinski definition) is 1. The van der Waals surface area contributed by atoms with Gasteiger partial charge in [0, 0.05) is 26.4 Å². The zero-order valence-corrected chi connectivity index (χ0v) is 15.8. The van der Waals surface area contributed by atoms with E-state index in [0.29, 0.717) is 26.2 Å².